The molecule has 1 fully saturated rings. The number of hydrogen-bond donors (Lipinski definition) is 0. The summed E-state index contributed by atoms with van der Waals surface area (Å²) in [5.41, 5.74) is -0.203. The van der Waals surface area contributed by atoms with Gasteiger partial charge in [0, 0.05) is 10.3 Å². The van der Waals surface area contributed by atoms with Gasteiger partial charge in [0.25, 0.3) is 0 Å². The maximum absolute atomic E-state index is 12.6. The third kappa shape index (κ3) is 3.24. The van der Waals surface area contributed by atoms with Crippen molar-refractivity contribution in [3.8, 4) is 0 Å². The van der Waals surface area contributed by atoms with Crippen LogP contribution in [-0.4, -0.2) is 18.9 Å². The highest BCUT2D eigenvalue weighted by molar-refractivity contribution is 7.14. The molecule has 0 atom stereocenters. The zero-order chi connectivity index (χ0) is 13.9. The smallest absolute Gasteiger partial charge is 0.310 e. The highest BCUT2D eigenvalue weighted by Crippen LogP contribution is 2.39. The normalized spacial score (nSPS) is 18.0. The summed E-state index contributed by atoms with van der Waals surface area (Å²) in [5.74, 6) is -0.0157. The van der Waals surface area contributed by atoms with Gasteiger partial charge in [-0.2, -0.15) is 0 Å². The van der Waals surface area contributed by atoms with Crippen molar-refractivity contribution in [1.82, 2.24) is 0 Å². The van der Waals surface area contributed by atoms with Crippen LogP contribution in [0.2, 0.25) is 0 Å². The Morgan fingerprint density at radius 2 is 1.95 bits per heavy atom. The van der Waals surface area contributed by atoms with Gasteiger partial charge >= 0.3 is 5.97 Å². The molecule has 0 amide bonds. The molecule has 0 spiro atoms. The Morgan fingerprint density at radius 1 is 1.26 bits per heavy atom. The average molecular weight is 280 g/mol. The molecule has 0 aromatic carbocycles. The Labute approximate surface area is 118 Å². The van der Waals surface area contributed by atoms with Crippen LogP contribution in [0.4, 0.5) is 0 Å². The highest BCUT2D eigenvalue weighted by atomic mass is 32.1. The first-order chi connectivity index (χ1) is 9.05. The molecule has 3 nitrogen and oxygen atoms in total. The van der Waals surface area contributed by atoms with E-state index in [9.17, 15) is 9.59 Å². The van der Waals surface area contributed by atoms with E-state index in [4.69, 9.17) is 0 Å². The SMILES string of the molecule is COC(=O)Cc1ccc(C(=O)C2(C)CCCCC2)s1. The van der Waals surface area contributed by atoms with E-state index < -0.39 is 0 Å². The first-order valence-corrected chi connectivity index (χ1v) is 7.57. The van der Waals surface area contributed by atoms with Crippen molar-refractivity contribution in [3.63, 3.8) is 0 Å². The van der Waals surface area contributed by atoms with Gasteiger partial charge in [-0.3, -0.25) is 9.59 Å². The fourth-order valence-electron chi connectivity index (χ4n) is 2.67. The highest BCUT2D eigenvalue weighted by Gasteiger charge is 2.35. The van der Waals surface area contributed by atoms with Gasteiger partial charge in [-0.15, -0.1) is 11.3 Å². The maximum atomic E-state index is 12.6. The summed E-state index contributed by atoms with van der Waals surface area (Å²) in [5, 5.41) is 0. The number of methoxy groups -OCH3 is 1. The molecule has 0 aliphatic heterocycles. The monoisotopic (exact) mass is 280 g/mol. The van der Waals surface area contributed by atoms with E-state index >= 15 is 0 Å². The second kappa shape index (κ2) is 5.87. The van der Waals surface area contributed by atoms with Crippen LogP contribution in [0.5, 0.6) is 0 Å². The molecule has 2 rings (SSSR count). The van der Waals surface area contributed by atoms with Crippen molar-refractivity contribution < 1.29 is 14.3 Å². The Bertz CT molecular complexity index is 469. The van der Waals surface area contributed by atoms with Crippen LogP contribution in [-0.2, 0) is 16.0 Å². The Balaban J connectivity index is 2.09. The van der Waals surface area contributed by atoms with Crippen LogP contribution >= 0.6 is 11.3 Å². The van der Waals surface area contributed by atoms with E-state index in [1.54, 1.807) is 0 Å². The number of carbonyl (C=O) groups excluding carboxylic acids is 2. The van der Waals surface area contributed by atoms with Crippen LogP contribution in [0.15, 0.2) is 12.1 Å². The van der Waals surface area contributed by atoms with E-state index in [2.05, 4.69) is 11.7 Å². The van der Waals surface area contributed by atoms with Gasteiger partial charge in [0.1, 0.15) is 0 Å². The zero-order valence-electron chi connectivity index (χ0n) is 11.5. The van der Waals surface area contributed by atoms with Crippen LogP contribution in [0.1, 0.15) is 53.6 Å². The standard InChI is InChI=1S/C15H20O3S/c1-15(8-4-3-5-9-15)14(17)12-7-6-11(19-12)10-13(16)18-2/h6-7H,3-5,8-10H2,1-2H3. The van der Waals surface area contributed by atoms with Crippen LogP contribution in [0, 0.1) is 5.41 Å². The summed E-state index contributed by atoms with van der Waals surface area (Å²) in [7, 11) is 1.38. The first kappa shape index (κ1) is 14.3. The van der Waals surface area contributed by atoms with Crippen molar-refractivity contribution in [1.29, 1.82) is 0 Å². The van der Waals surface area contributed by atoms with Crippen molar-refractivity contribution >= 4 is 23.1 Å². The third-order valence-corrected chi connectivity index (χ3v) is 5.02. The number of Topliss-reactive ketones (excluding diaryl/α,β-unsaturated/α-hetero) is 1. The van der Waals surface area contributed by atoms with Crippen LogP contribution in [0.25, 0.3) is 0 Å². The lowest BCUT2D eigenvalue weighted by atomic mass is 9.72. The summed E-state index contributed by atoms with van der Waals surface area (Å²) in [6.45, 7) is 2.08. The van der Waals surface area contributed by atoms with E-state index in [0.29, 0.717) is 0 Å². The number of ketones is 1. The molecular formula is C15H20O3S. The Hall–Kier alpha value is -1.16. The average Bonchev–Trinajstić information content (AvgIpc) is 2.87. The van der Waals surface area contributed by atoms with E-state index in [1.807, 2.05) is 12.1 Å². The van der Waals surface area contributed by atoms with Crippen molar-refractivity contribution in [2.45, 2.75) is 45.4 Å². The molecule has 1 heterocycles. The topological polar surface area (TPSA) is 43.4 Å². The molecule has 1 aromatic heterocycles. The molecule has 0 unspecified atom stereocenters. The minimum Gasteiger partial charge on any atom is -0.469 e. The molecule has 19 heavy (non-hydrogen) atoms. The van der Waals surface area contributed by atoms with Crippen LogP contribution in [0.3, 0.4) is 0 Å². The number of hydrogen-bond acceptors (Lipinski definition) is 4. The lowest BCUT2D eigenvalue weighted by Gasteiger charge is -2.31. The molecule has 0 bridgehead atoms. The predicted octanol–water partition coefficient (Wildman–Crippen LogP) is 3.62. The molecule has 0 saturated heterocycles. The number of esters is 1. The molecule has 1 aliphatic rings. The minimum atomic E-state index is -0.260. The number of rotatable bonds is 4. The summed E-state index contributed by atoms with van der Waals surface area (Å²) in [6.07, 6.45) is 5.74. The molecule has 1 aromatic rings. The zero-order valence-corrected chi connectivity index (χ0v) is 12.3. The van der Waals surface area contributed by atoms with Crippen molar-refractivity contribution in [2.75, 3.05) is 7.11 Å². The minimum absolute atomic E-state index is 0.203. The molecule has 1 aliphatic carbocycles. The van der Waals surface area contributed by atoms with Crippen molar-refractivity contribution in [3.05, 3.63) is 21.9 Å². The Morgan fingerprint density at radius 3 is 2.58 bits per heavy atom. The summed E-state index contributed by atoms with van der Waals surface area (Å²) in [6, 6.07) is 3.71. The summed E-state index contributed by atoms with van der Waals surface area (Å²) < 4.78 is 4.64. The van der Waals surface area contributed by atoms with E-state index in [0.717, 1.165) is 35.4 Å². The molecule has 104 valence electrons. The predicted molar refractivity (Wildman–Crippen MR) is 75.6 cm³/mol. The van der Waals surface area contributed by atoms with Gasteiger partial charge in [0.2, 0.25) is 0 Å². The number of thiophene rings is 1. The largest absolute Gasteiger partial charge is 0.469 e. The van der Waals surface area contributed by atoms with Gasteiger partial charge in [-0.25, -0.2) is 0 Å². The van der Waals surface area contributed by atoms with E-state index in [-0.39, 0.29) is 23.6 Å². The molecule has 0 radical (unpaired) electrons. The van der Waals surface area contributed by atoms with Gasteiger partial charge in [0.15, 0.2) is 5.78 Å². The van der Waals surface area contributed by atoms with Crippen molar-refractivity contribution in [2.24, 2.45) is 5.41 Å². The third-order valence-electron chi connectivity index (χ3n) is 3.94. The quantitative estimate of drug-likeness (QED) is 0.625. The van der Waals surface area contributed by atoms with Crippen LogP contribution < -0.4 is 0 Å². The maximum Gasteiger partial charge on any atom is 0.310 e. The fraction of sp³-hybridized carbons (Fsp3) is 0.600. The first-order valence-electron chi connectivity index (χ1n) is 6.75. The summed E-state index contributed by atoms with van der Waals surface area (Å²) >= 11 is 1.43. The second-order valence-electron chi connectivity index (χ2n) is 5.47. The number of ether oxygens (including phenoxy) is 1. The lowest BCUT2D eigenvalue weighted by Crippen LogP contribution is -2.29. The number of carbonyl (C=O) groups is 2. The van der Waals surface area contributed by atoms with E-state index in [1.165, 1.54) is 24.9 Å². The molecule has 4 heteroatoms. The molecule has 0 N–H and O–H groups in total. The second-order valence-corrected chi connectivity index (χ2v) is 6.64. The lowest BCUT2D eigenvalue weighted by molar-refractivity contribution is -0.139. The molecular weight excluding hydrogens is 260 g/mol. The summed E-state index contributed by atoms with van der Waals surface area (Å²) in [4.78, 5) is 25.5. The van der Waals surface area contributed by atoms with Gasteiger partial charge in [-0.05, 0) is 25.0 Å². The molecule has 1 saturated carbocycles. The Kier molecular flexibility index (Phi) is 4.40. The van der Waals surface area contributed by atoms with Gasteiger partial charge < -0.3 is 4.74 Å². The van der Waals surface area contributed by atoms with Gasteiger partial charge in [0.05, 0.1) is 18.4 Å². The van der Waals surface area contributed by atoms with Gasteiger partial charge in [-0.1, -0.05) is 26.2 Å². The fourth-order valence-corrected chi connectivity index (χ4v) is 3.75.